The minimum atomic E-state index is -0.349. The van der Waals surface area contributed by atoms with Crippen LogP contribution in [0.2, 0.25) is 0 Å². The van der Waals surface area contributed by atoms with Crippen molar-refractivity contribution >= 4 is 5.97 Å². The molecule has 0 spiro atoms. The molecule has 4 saturated carbocycles. The summed E-state index contributed by atoms with van der Waals surface area (Å²) < 4.78 is 22.0. The Labute approximate surface area is 170 Å². The van der Waals surface area contributed by atoms with E-state index in [2.05, 4.69) is 0 Å². The van der Waals surface area contributed by atoms with Crippen LogP contribution in [0, 0.1) is 23.2 Å². The maximum Gasteiger partial charge on any atom is 0.311 e. The zero-order chi connectivity index (χ0) is 19.8. The standard InChI is InChI=1S/C23H30O6/c24-19-8-18(13-28-22-3-1-2-4-26-22)27-14-20(19)29-21(25)12-23-9-15-5-16(10-23)7-17(6-15)11-23/h8,14-17,22H,1-7,9-13H2. The Hall–Kier alpha value is -1.66. The van der Waals surface area contributed by atoms with Crippen molar-refractivity contribution in [2.24, 2.45) is 23.2 Å². The van der Waals surface area contributed by atoms with Crippen molar-refractivity contribution in [3.05, 3.63) is 28.3 Å². The Balaban J connectivity index is 1.17. The van der Waals surface area contributed by atoms with Crippen molar-refractivity contribution in [1.29, 1.82) is 0 Å². The average molecular weight is 402 g/mol. The van der Waals surface area contributed by atoms with Crippen molar-refractivity contribution in [3.8, 4) is 5.75 Å². The van der Waals surface area contributed by atoms with E-state index in [1.54, 1.807) is 0 Å². The van der Waals surface area contributed by atoms with E-state index < -0.39 is 0 Å². The van der Waals surface area contributed by atoms with Crippen LogP contribution in [0.3, 0.4) is 0 Å². The lowest BCUT2D eigenvalue weighted by Crippen LogP contribution is -2.47. The molecular weight excluding hydrogens is 372 g/mol. The van der Waals surface area contributed by atoms with Crippen molar-refractivity contribution < 1.29 is 23.4 Å². The smallest absolute Gasteiger partial charge is 0.311 e. The van der Waals surface area contributed by atoms with Gasteiger partial charge in [0.25, 0.3) is 0 Å². The molecule has 1 aromatic heterocycles. The van der Waals surface area contributed by atoms with Crippen LogP contribution in [0.15, 0.2) is 21.5 Å². The van der Waals surface area contributed by atoms with Gasteiger partial charge in [-0.05, 0) is 81.0 Å². The Morgan fingerprint density at radius 3 is 2.45 bits per heavy atom. The van der Waals surface area contributed by atoms with E-state index in [0.29, 0.717) is 18.8 Å². The summed E-state index contributed by atoms with van der Waals surface area (Å²) in [5.41, 5.74) is -0.252. The van der Waals surface area contributed by atoms with Crippen LogP contribution in [0.4, 0.5) is 0 Å². The number of hydrogen-bond donors (Lipinski definition) is 0. The summed E-state index contributed by atoms with van der Waals surface area (Å²) in [6, 6.07) is 1.34. The number of carbonyl (C=O) groups is 1. The molecule has 4 aliphatic carbocycles. The maximum atomic E-state index is 12.6. The Morgan fingerprint density at radius 1 is 1.10 bits per heavy atom. The molecule has 1 aromatic rings. The Bertz CT molecular complexity index is 771. The summed E-state index contributed by atoms with van der Waals surface area (Å²) >= 11 is 0. The molecule has 4 bridgehead atoms. The van der Waals surface area contributed by atoms with Crippen LogP contribution in [0.5, 0.6) is 5.75 Å². The summed E-state index contributed by atoms with van der Waals surface area (Å²) in [4.78, 5) is 25.0. The minimum absolute atomic E-state index is 0.0302. The van der Waals surface area contributed by atoms with Crippen molar-refractivity contribution in [2.45, 2.75) is 77.1 Å². The van der Waals surface area contributed by atoms with E-state index in [0.717, 1.165) is 56.3 Å². The molecule has 2 heterocycles. The fourth-order valence-corrected chi connectivity index (χ4v) is 6.58. The second-order valence-corrected chi connectivity index (χ2v) is 9.75. The van der Waals surface area contributed by atoms with Crippen LogP contribution in [-0.4, -0.2) is 18.9 Å². The zero-order valence-electron chi connectivity index (χ0n) is 16.9. The van der Waals surface area contributed by atoms with Gasteiger partial charge >= 0.3 is 5.97 Å². The van der Waals surface area contributed by atoms with Gasteiger partial charge in [-0.1, -0.05) is 0 Å². The molecule has 6 rings (SSSR count). The lowest BCUT2D eigenvalue weighted by atomic mass is 9.49. The van der Waals surface area contributed by atoms with E-state index in [4.69, 9.17) is 18.6 Å². The van der Waals surface area contributed by atoms with Crippen LogP contribution < -0.4 is 10.2 Å². The zero-order valence-corrected chi connectivity index (χ0v) is 16.9. The molecule has 5 aliphatic rings. The summed E-state index contributed by atoms with van der Waals surface area (Å²) in [5.74, 6) is 2.42. The highest BCUT2D eigenvalue weighted by Crippen LogP contribution is 2.61. The molecule has 0 radical (unpaired) electrons. The quantitative estimate of drug-likeness (QED) is 0.664. The van der Waals surface area contributed by atoms with E-state index in [9.17, 15) is 9.59 Å². The fourth-order valence-electron chi connectivity index (χ4n) is 6.58. The molecule has 29 heavy (non-hydrogen) atoms. The first-order valence-corrected chi connectivity index (χ1v) is 11.1. The third kappa shape index (κ3) is 4.29. The van der Waals surface area contributed by atoms with Gasteiger partial charge in [-0.3, -0.25) is 9.59 Å². The van der Waals surface area contributed by atoms with Crippen molar-refractivity contribution in [2.75, 3.05) is 6.61 Å². The predicted octanol–water partition coefficient (Wildman–Crippen LogP) is 4.19. The molecule has 0 aromatic carbocycles. The van der Waals surface area contributed by atoms with Crippen molar-refractivity contribution in [1.82, 2.24) is 0 Å². The van der Waals surface area contributed by atoms with Gasteiger partial charge in [0.2, 0.25) is 11.2 Å². The van der Waals surface area contributed by atoms with Gasteiger partial charge in [0.15, 0.2) is 6.29 Å². The van der Waals surface area contributed by atoms with Crippen LogP contribution in [0.1, 0.15) is 70.0 Å². The van der Waals surface area contributed by atoms with Crippen molar-refractivity contribution in [3.63, 3.8) is 0 Å². The number of rotatable bonds is 6. The summed E-state index contributed by atoms with van der Waals surface area (Å²) in [6.45, 7) is 0.870. The van der Waals surface area contributed by atoms with Gasteiger partial charge in [-0.2, -0.15) is 0 Å². The van der Waals surface area contributed by atoms with Crippen LogP contribution >= 0.6 is 0 Å². The van der Waals surface area contributed by atoms with E-state index in [1.165, 1.54) is 31.6 Å². The van der Waals surface area contributed by atoms with Crippen LogP contribution in [-0.2, 0) is 20.9 Å². The minimum Gasteiger partial charge on any atom is -0.463 e. The molecule has 5 fully saturated rings. The third-order valence-corrected chi connectivity index (χ3v) is 7.31. The van der Waals surface area contributed by atoms with E-state index >= 15 is 0 Å². The lowest BCUT2D eigenvalue weighted by molar-refractivity contribution is -0.171. The number of carbonyl (C=O) groups excluding carboxylic acids is 1. The van der Waals surface area contributed by atoms with E-state index in [-0.39, 0.29) is 35.5 Å². The van der Waals surface area contributed by atoms with Gasteiger partial charge < -0.3 is 18.6 Å². The number of hydrogen-bond acceptors (Lipinski definition) is 6. The topological polar surface area (TPSA) is 75.0 Å². The molecule has 6 heteroatoms. The highest BCUT2D eigenvalue weighted by molar-refractivity contribution is 5.73. The average Bonchev–Trinajstić information content (AvgIpc) is 2.67. The summed E-state index contributed by atoms with van der Waals surface area (Å²) in [5, 5.41) is 0. The molecule has 0 amide bonds. The molecule has 1 aliphatic heterocycles. The van der Waals surface area contributed by atoms with Crippen LogP contribution in [0.25, 0.3) is 0 Å². The molecule has 6 nitrogen and oxygen atoms in total. The molecule has 158 valence electrons. The number of ether oxygens (including phenoxy) is 3. The number of esters is 1. The normalized spacial score (nSPS) is 35.6. The van der Waals surface area contributed by atoms with E-state index in [1.807, 2.05) is 0 Å². The SMILES string of the molecule is O=C(CC12CC3CC(CC(C3)C1)C2)Oc1coc(COC2CCCCO2)cc1=O. The first-order valence-electron chi connectivity index (χ1n) is 11.1. The first-order chi connectivity index (χ1) is 14.1. The van der Waals surface area contributed by atoms with Gasteiger partial charge in [-0.25, -0.2) is 0 Å². The van der Waals surface area contributed by atoms with Gasteiger partial charge in [0, 0.05) is 12.7 Å². The molecule has 0 N–H and O–H groups in total. The first kappa shape index (κ1) is 19.3. The molecule has 1 unspecified atom stereocenters. The van der Waals surface area contributed by atoms with Gasteiger partial charge in [-0.15, -0.1) is 0 Å². The molecule has 1 atom stereocenters. The Morgan fingerprint density at radius 2 is 1.83 bits per heavy atom. The highest BCUT2D eigenvalue weighted by atomic mass is 16.7. The molecular formula is C23H30O6. The van der Waals surface area contributed by atoms with Gasteiger partial charge in [0.1, 0.15) is 18.6 Å². The Kier molecular flexibility index (Phi) is 5.25. The summed E-state index contributed by atoms with van der Waals surface area (Å²) in [7, 11) is 0. The predicted molar refractivity (Wildman–Crippen MR) is 104 cm³/mol. The highest BCUT2D eigenvalue weighted by Gasteiger charge is 2.51. The molecule has 1 saturated heterocycles. The summed E-state index contributed by atoms with van der Waals surface area (Å²) in [6.07, 6.45) is 11.8. The van der Waals surface area contributed by atoms with Gasteiger partial charge in [0.05, 0.1) is 6.42 Å². The lowest BCUT2D eigenvalue weighted by Gasteiger charge is -2.56. The monoisotopic (exact) mass is 402 g/mol. The fraction of sp³-hybridized carbons (Fsp3) is 0.739. The maximum absolute atomic E-state index is 12.6. The largest absolute Gasteiger partial charge is 0.463 e. The second-order valence-electron chi connectivity index (χ2n) is 9.75. The second kappa shape index (κ2) is 7.88. The third-order valence-electron chi connectivity index (χ3n) is 7.31.